The predicted octanol–water partition coefficient (Wildman–Crippen LogP) is 3.57. The molecule has 1 N–H and O–H groups in total. The van der Waals surface area contributed by atoms with Crippen LogP contribution in [0.3, 0.4) is 0 Å². The fourth-order valence-electron chi connectivity index (χ4n) is 2.98. The average Bonchev–Trinajstić information content (AvgIpc) is 2.93. The Morgan fingerprint density at radius 3 is 2.50 bits per heavy atom. The molecule has 0 bridgehead atoms. The van der Waals surface area contributed by atoms with Gasteiger partial charge in [0.1, 0.15) is 0 Å². The largest absolute Gasteiger partial charge is 0.358 e. The van der Waals surface area contributed by atoms with Crippen molar-refractivity contribution in [1.29, 1.82) is 0 Å². The molecule has 0 radical (unpaired) electrons. The summed E-state index contributed by atoms with van der Waals surface area (Å²) in [4.78, 5) is 2.31. The zero-order valence-electron chi connectivity index (χ0n) is 13.4. The summed E-state index contributed by atoms with van der Waals surface area (Å²) < 4.78 is 2.33. The highest BCUT2D eigenvalue weighted by Crippen LogP contribution is 2.32. The van der Waals surface area contributed by atoms with E-state index < -0.39 is 0 Å². The van der Waals surface area contributed by atoms with Crippen LogP contribution >= 0.6 is 12.2 Å². The van der Waals surface area contributed by atoms with Crippen molar-refractivity contribution in [3.63, 3.8) is 0 Å². The third-order valence-electron chi connectivity index (χ3n) is 3.90. The molecule has 1 aliphatic rings. The van der Waals surface area contributed by atoms with Gasteiger partial charge in [-0.2, -0.15) is 0 Å². The van der Waals surface area contributed by atoms with E-state index in [9.17, 15) is 0 Å². The highest BCUT2D eigenvalue weighted by Gasteiger charge is 2.31. The molecule has 2 aromatic rings. The normalized spacial score (nSPS) is 18.0. The molecule has 0 saturated heterocycles. The molecule has 3 rings (SSSR count). The summed E-state index contributed by atoms with van der Waals surface area (Å²) >= 11 is 5.71. The Bertz CT molecular complexity index is 654. The Morgan fingerprint density at radius 1 is 1.09 bits per heavy atom. The molecule has 22 heavy (non-hydrogen) atoms. The smallest absolute Gasteiger partial charge is 0.170 e. The fourth-order valence-corrected chi connectivity index (χ4v) is 3.48. The Kier molecular flexibility index (Phi) is 3.96. The van der Waals surface area contributed by atoms with Gasteiger partial charge in [-0.1, -0.05) is 30.3 Å². The van der Waals surface area contributed by atoms with Crippen LogP contribution in [-0.2, 0) is 6.54 Å². The molecule has 1 aliphatic heterocycles. The van der Waals surface area contributed by atoms with Crippen LogP contribution in [0.5, 0.6) is 0 Å². The maximum atomic E-state index is 5.71. The van der Waals surface area contributed by atoms with Gasteiger partial charge in [-0.25, -0.2) is 0 Å². The molecule has 0 fully saturated rings. The van der Waals surface area contributed by atoms with Crippen molar-refractivity contribution in [2.45, 2.75) is 38.9 Å². The van der Waals surface area contributed by atoms with E-state index in [0.29, 0.717) is 0 Å². The quantitative estimate of drug-likeness (QED) is 0.813. The molecular weight excluding hydrogens is 290 g/mol. The van der Waals surface area contributed by atoms with Gasteiger partial charge >= 0.3 is 0 Å². The Morgan fingerprint density at radius 2 is 1.82 bits per heavy atom. The second kappa shape index (κ2) is 5.76. The predicted molar refractivity (Wildman–Crippen MR) is 94.9 cm³/mol. The maximum absolute atomic E-state index is 5.71. The van der Waals surface area contributed by atoms with Gasteiger partial charge in [0, 0.05) is 30.5 Å². The number of hydrogen-bond donors (Lipinski definition) is 1. The first-order valence-corrected chi connectivity index (χ1v) is 8.15. The van der Waals surface area contributed by atoms with Crippen molar-refractivity contribution in [3.05, 3.63) is 59.9 Å². The van der Waals surface area contributed by atoms with Crippen molar-refractivity contribution < 1.29 is 0 Å². The lowest BCUT2D eigenvalue weighted by Gasteiger charge is -2.40. The Labute approximate surface area is 137 Å². The van der Waals surface area contributed by atoms with E-state index in [4.69, 9.17) is 12.2 Å². The number of rotatable bonds is 1. The van der Waals surface area contributed by atoms with Crippen LogP contribution in [0.4, 0.5) is 0 Å². The summed E-state index contributed by atoms with van der Waals surface area (Å²) in [5, 5.41) is 4.29. The van der Waals surface area contributed by atoms with Gasteiger partial charge in [0.05, 0.1) is 6.04 Å². The van der Waals surface area contributed by atoms with Crippen LogP contribution in [0, 0.1) is 0 Å². The molecule has 116 valence electrons. The zero-order valence-corrected chi connectivity index (χ0v) is 14.2. The third kappa shape index (κ3) is 3.02. The van der Waals surface area contributed by atoms with Gasteiger partial charge in [0.15, 0.2) is 5.11 Å². The number of hydrogen-bond acceptors (Lipinski definition) is 1. The molecule has 0 aliphatic carbocycles. The van der Waals surface area contributed by atoms with E-state index in [2.05, 4.69) is 84.2 Å². The van der Waals surface area contributed by atoms with E-state index in [0.717, 1.165) is 18.2 Å². The van der Waals surface area contributed by atoms with Crippen LogP contribution in [0.2, 0.25) is 0 Å². The van der Waals surface area contributed by atoms with Gasteiger partial charge in [-0.15, -0.1) is 0 Å². The number of nitrogens with zero attached hydrogens (tertiary/aromatic N) is 2. The first-order chi connectivity index (χ1) is 10.5. The molecule has 1 aromatic heterocycles. The van der Waals surface area contributed by atoms with Crippen LogP contribution < -0.4 is 5.32 Å². The minimum atomic E-state index is -0.0300. The van der Waals surface area contributed by atoms with Crippen molar-refractivity contribution >= 4 is 17.3 Å². The number of nitrogens with one attached hydrogen (secondary N) is 1. The van der Waals surface area contributed by atoms with Gasteiger partial charge in [-0.3, -0.25) is 0 Å². The minimum Gasteiger partial charge on any atom is -0.358 e. The van der Waals surface area contributed by atoms with E-state index in [1.807, 2.05) is 0 Å². The lowest BCUT2D eigenvalue weighted by atomic mass is 10.0. The molecule has 4 heteroatoms. The minimum absolute atomic E-state index is 0.0300. The van der Waals surface area contributed by atoms with Gasteiger partial charge in [0.2, 0.25) is 0 Å². The number of aromatic nitrogens is 1. The van der Waals surface area contributed by atoms with Crippen LogP contribution in [0.15, 0.2) is 48.7 Å². The first-order valence-electron chi connectivity index (χ1n) is 7.74. The second-order valence-corrected chi connectivity index (χ2v) is 7.20. The molecule has 1 aromatic carbocycles. The SMILES string of the molecule is CC(C)(C)NC(=S)N1CCn2cccc2[C@@H]1c1ccccc1. The van der Waals surface area contributed by atoms with Crippen LogP contribution in [0.1, 0.15) is 38.1 Å². The summed E-state index contributed by atoms with van der Waals surface area (Å²) in [5.74, 6) is 0. The molecule has 0 unspecified atom stereocenters. The molecule has 0 amide bonds. The summed E-state index contributed by atoms with van der Waals surface area (Å²) in [6, 6.07) is 15.1. The summed E-state index contributed by atoms with van der Waals surface area (Å²) in [7, 11) is 0. The molecule has 2 heterocycles. The van der Waals surface area contributed by atoms with Crippen molar-refractivity contribution in [2.24, 2.45) is 0 Å². The fraction of sp³-hybridized carbons (Fsp3) is 0.389. The summed E-state index contributed by atoms with van der Waals surface area (Å²) in [6.45, 7) is 8.32. The lowest BCUT2D eigenvalue weighted by Crippen LogP contribution is -2.52. The monoisotopic (exact) mass is 313 g/mol. The molecule has 3 nitrogen and oxygen atoms in total. The standard InChI is InChI=1S/C18H23N3S/c1-18(2,3)19-17(22)21-13-12-20-11-7-10-15(20)16(21)14-8-5-4-6-9-14/h4-11,16H,12-13H2,1-3H3,(H,19,22)/t16-/m0/s1. The Balaban J connectivity index is 1.97. The summed E-state index contributed by atoms with van der Waals surface area (Å²) in [5.41, 5.74) is 2.55. The van der Waals surface area contributed by atoms with Crippen LogP contribution in [-0.4, -0.2) is 26.7 Å². The highest BCUT2D eigenvalue weighted by molar-refractivity contribution is 7.80. The zero-order chi connectivity index (χ0) is 15.7. The number of thiocarbonyl (C=S) groups is 1. The van der Waals surface area contributed by atoms with Crippen LogP contribution in [0.25, 0.3) is 0 Å². The number of benzene rings is 1. The lowest BCUT2D eigenvalue weighted by molar-refractivity contribution is 0.278. The topological polar surface area (TPSA) is 20.2 Å². The summed E-state index contributed by atoms with van der Waals surface area (Å²) in [6.07, 6.45) is 2.16. The highest BCUT2D eigenvalue weighted by atomic mass is 32.1. The second-order valence-electron chi connectivity index (χ2n) is 6.81. The van der Waals surface area contributed by atoms with Gasteiger partial charge in [-0.05, 0) is 50.7 Å². The first kappa shape index (κ1) is 15.1. The van der Waals surface area contributed by atoms with E-state index in [-0.39, 0.29) is 11.6 Å². The molecule has 1 atom stereocenters. The Hall–Kier alpha value is -1.81. The molecule has 0 saturated carbocycles. The maximum Gasteiger partial charge on any atom is 0.170 e. The van der Waals surface area contributed by atoms with Crippen molar-refractivity contribution in [2.75, 3.05) is 6.54 Å². The van der Waals surface area contributed by atoms with Gasteiger partial charge < -0.3 is 14.8 Å². The molecular formula is C18H23N3S. The van der Waals surface area contributed by atoms with Crippen molar-refractivity contribution in [3.8, 4) is 0 Å². The third-order valence-corrected chi connectivity index (χ3v) is 4.23. The van der Waals surface area contributed by atoms with Gasteiger partial charge in [0.25, 0.3) is 0 Å². The molecule has 0 spiro atoms. The van der Waals surface area contributed by atoms with E-state index in [1.165, 1.54) is 11.3 Å². The average molecular weight is 313 g/mol. The van der Waals surface area contributed by atoms with E-state index >= 15 is 0 Å². The van der Waals surface area contributed by atoms with E-state index in [1.54, 1.807) is 0 Å². The van der Waals surface area contributed by atoms with Crippen molar-refractivity contribution in [1.82, 2.24) is 14.8 Å². The number of fused-ring (bicyclic) bond motifs is 1.